The highest BCUT2D eigenvalue weighted by molar-refractivity contribution is 6.30. The quantitative estimate of drug-likeness (QED) is 0.379. The summed E-state index contributed by atoms with van der Waals surface area (Å²) in [5.41, 5.74) is 0. The van der Waals surface area contributed by atoms with Gasteiger partial charge in [-0.25, -0.2) is 4.99 Å². The van der Waals surface area contributed by atoms with Crippen LogP contribution in [0.25, 0.3) is 0 Å². The van der Waals surface area contributed by atoms with Gasteiger partial charge in [-0.3, -0.25) is 4.42 Å². The van der Waals surface area contributed by atoms with Crippen molar-refractivity contribution in [1.82, 2.24) is 4.42 Å². The molecule has 0 aromatic heterocycles. The van der Waals surface area contributed by atoms with Gasteiger partial charge < -0.3 is 0 Å². The fraction of sp³-hybridized carbons (Fsp3) is 0.250. The van der Waals surface area contributed by atoms with Crippen LogP contribution in [0.15, 0.2) is 16.2 Å². The van der Waals surface area contributed by atoms with Crippen LogP contribution in [0.2, 0.25) is 0 Å². The van der Waals surface area contributed by atoms with Gasteiger partial charge >= 0.3 is 0 Å². The van der Waals surface area contributed by atoms with Crippen LogP contribution in [-0.4, -0.2) is 17.3 Å². The Morgan fingerprint density at radius 2 is 2.50 bits per heavy atom. The Balaban J connectivity index is 2.58. The van der Waals surface area contributed by atoms with Gasteiger partial charge in [0.2, 0.25) is 0 Å². The van der Waals surface area contributed by atoms with Crippen molar-refractivity contribution in [2.45, 2.75) is 0 Å². The zero-order valence-electron chi connectivity index (χ0n) is 4.01. The van der Waals surface area contributed by atoms with Crippen LogP contribution in [0.4, 0.5) is 0 Å². The van der Waals surface area contributed by atoms with Crippen molar-refractivity contribution in [3.8, 4) is 0 Å². The van der Waals surface area contributed by atoms with Crippen molar-refractivity contribution in [3.63, 3.8) is 0 Å². The molecule has 0 bridgehead atoms. The van der Waals surface area contributed by atoms with Crippen molar-refractivity contribution in [2.24, 2.45) is 4.99 Å². The van der Waals surface area contributed by atoms with Crippen molar-refractivity contribution in [1.29, 1.82) is 0 Å². The topological polar surface area (TPSA) is 15.6 Å². The molecule has 0 amide bonds. The van der Waals surface area contributed by atoms with E-state index in [4.69, 9.17) is 23.4 Å². The average molecular weight is 151 g/mol. The van der Waals surface area contributed by atoms with E-state index in [0.29, 0.717) is 11.7 Å². The maximum Gasteiger partial charge on any atom is 0.128 e. The van der Waals surface area contributed by atoms with E-state index in [1.807, 2.05) is 0 Å². The number of hydrogen-bond donors (Lipinski definition) is 0. The van der Waals surface area contributed by atoms with E-state index in [1.54, 1.807) is 6.08 Å². The van der Waals surface area contributed by atoms with Gasteiger partial charge in [-0.1, -0.05) is 11.6 Å². The maximum atomic E-state index is 5.46. The van der Waals surface area contributed by atoms with E-state index in [0.717, 1.165) is 0 Å². The third-order valence-corrected chi connectivity index (χ3v) is 1.22. The number of rotatable bonds is 0. The van der Waals surface area contributed by atoms with Crippen LogP contribution in [0.3, 0.4) is 0 Å². The first kappa shape index (κ1) is 5.92. The summed E-state index contributed by atoms with van der Waals surface area (Å²) in [4.78, 5) is 3.71. The van der Waals surface area contributed by atoms with E-state index < -0.39 is 0 Å². The molecule has 0 unspecified atom stereocenters. The lowest BCUT2D eigenvalue weighted by molar-refractivity contribution is 0.745. The highest BCUT2D eigenvalue weighted by atomic mass is 35.5. The van der Waals surface area contributed by atoms with Gasteiger partial charge in [0.25, 0.3) is 0 Å². The Labute approximate surface area is 57.5 Å². The first-order valence-corrected chi connectivity index (χ1v) is 2.83. The third kappa shape index (κ3) is 1.39. The number of halogens is 2. The Kier molecular flexibility index (Phi) is 1.76. The van der Waals surface area contributed by atoms with Crippen LogP contribution < -0.4 is 0 Å². The Bertz CT molecular complexity index is 141. The second-order valence-corrected chi connectivity index (χ2v) is 2.18. The Morgan fingerprint density at radius 1 is 1.75 bits per heavy atom. The first-order valence-electron chi connectivity index (χ1n) is 2.11. The molecular weight excluding hydrogens is 147 g/mol. The summed E-state index contributed by atoms with van der Waals surface area (Å²) in [7, 11) is 0. The molecule has 0 fully saturated rings. The minimum absolute atomic E-state index is 0.502. The lowest BCUT2D eigenvalue weighted by Crippen LogP contribution is -2.11. The highest BCUT2D eigenvalue weighted by Gasteiger charge is 1.97. The van der Waals surface area contributed by atoms with E-state index in [9.17, 15) is 0 Å². The average Bonchev–Trinajstić information content (AvgIpc) is 1.77. The minimum atomic E-state index is 0.502. The van der Waals surface area contributed by atoms with E-state index >= 15 is 0 Å². The fourth-order valence-corrected chi connectivity index (χ4v) is 0.605. The molecule has 8 heavy (non-hydrogen) atoms. The van der Waals surface area contributed by atoms with Gasteiger partial charge in [-0.2, -0.15) is 0 Å². The summed E-state index contributed by atoms with van der Waals surface area (Å²) >= 11 is 10.9. The van der Waals surface area contributed by atoms with Crippen molar-refractivity contribution < 1.29 is 0 Å². The zero-order chi connectivity index (χ0) is 5.98. The molecule has 0 radical (unpaired) electrons. The maximum absolute atomic E-state index is 5.46. The molecule has 0 aromatic rings. The van der Waals surface area contributed by atoms with Crippen molar-refractivity contribution in [2.75, 3.05) is 6.54 Å². The number of hydrogen-bond acceptors (Lipinski definition) is 2. The largest absolute Gasteiger partial charge is 0.271 e. The SMILES string of the molecule is ClC1=CCN(Cl)C=N1. The Morgan fingerprint density at radius 3 is 2.88 bits per heavy atom. The van der Waals surface area contributed by atoms with Gasteiger partial charge in [0, 0.05) is 11.8 Å². The smallest absolute Gasteiger partial charge is 0.128 e. The van der Waals surface area contributed by atoms with Gasteiger partial charge in [0.05, 0.1) is 6.54 Å². The van der Waals surface area contributed by atoms with Crippen molar-refractivity contribution in [3.05, 3.63) is 11.2 Å². The molecule has 0 N–H and O–H groups in total. The summed E-state index contributed by atoms with van der Waals surface area (Å²) in [6.07, 6.45) is 3.21. The van der Waals surface area contributed by atoms with Crippen LogP contribution in [0.1, 0.15) is 0 Å². The molecule has 2 nitrogen and oxygen atoms in total. The fourth-order valence-electron chi connectivity index (χ4n) is 0.380. The lowest BCUT2D eigenvalue weighted by atomic mass is 10.6. The van der Waals surface area contributed by atoms with E-state index in [2.05, 4.69) is 4.99 Å². The van der Waals surface area contributed by atoms with Crippen molar-refractivity contribution >= 4 is 29.7 Å². The number of aliphatic imine (C=N–C) groups is 1. The molecule has 0 atom stereocenters. The molecule has 0 spiro atoms. The van der Waals surface area contributed by atoms with E-state index in [-0.39, 0.29) is 0 Å². The molecule has 1 heterocycles. The standard InChI is InChI=1S/C4H4Cl2N2/c5-4-1-2-8(6)3-7-4/h1,3H,2H2. The second-order valence-electron chi connectivity index (χ2n) is 1.35. The first-order chi connectivity index (χ1) is 3.79. The molecule has 4 heteroatoms. The second kappa shape index (κ2) is 2.37. The summed E-state index contributed by atoms with van der Waals surface area (Å²) in [6.45, 7) is 0.629. The van der Waals surface area contributed by atoms with Gasteiger partial charge in [0.1, 0.15) is 11.5 Å². The van der Waals surface area contributed by atoms with Gasteiger partial charge in [-0.15, -0.1) is 0 Å². The van der Waals surface area contributed by atoms with Crippen LogP contribution >= 0.6 is 23.4 Å². The molecule has 0 aromatic carbocycles. The molecule has 1 aliphatic rings. The highest BCUT2D eigenvalue weighted by Crippen LogP contribution is 2.07. The summed E-state index contributed by atoms with van der Waals surface area (Å²) < 4.78 is 1.42. The molecule has 0 saturated heterocycles. The van der Waals surface area contributed by atoms with Crippen LogP contribution in [0.5, 0.6) is 0 Å². The molecule has 1 aliphatic heterocycles. The summed E-state index contributed by atoms with van der Waals surface area (Å²) in [6, 6.07) is 0. The summed E-state index contributed by atoms with van der Waals surface area (Å²) in [5.74, 6) is 0. The minimum Gasteiger partial charge on any atom is -0.271 e. The lowest BCUT2D eigenvalue weighted by Gasteiger charge is -2.08. The number of nitrogens with zero attached hydrogens (tertiary/aromatic N) is 2. The Hall–Kier alpha value is -0.210. The third-order valence-electron chi connectivity index (χ3n) is 0.741. The molecule has 44 valence electrons. The summed E-state index contributed by atoms with van der Waals surface area (Å²) in [5, 5.41) is 0.502. The molecular formula is C4H4Cl2N2. The molecule has 1 rings (SSSR count). The van der Waals surface area contributed by atoms with E-state index in [1.165, 1.54) is 10.8 Å². The monoisotopic (exact) mass is 150 g/mol. The van der Waals surface area contributed by atoms with Crippen LogP contribution in [-0.2, 0) is 0 Å². The van der Waals surface area contributed by atoms with Crippen LogP contribution in [0, 0.1) is 0 Å². The zero-order valence-corrected chi connectivity index (χ0v) is 5.52. The van der Waals surface area contributed by atoms with Gasteiger partial charge in [-0.05, 0) is 6.08 Å². The predicted octanol–water partition coefficient (Wildman–Crippen LogP) is 1.56. The molecule has 0 saturated carbocycles. The normalized spacial score (nSPS) is 18.8. The predicted molar refractivity (Wildman–Crippen MR) is 35.0 cm³/mol. The molecule has 0 aliphatic carbocycles. The van der Waals surface area contributed by atoms with Gasteiger partial charge in [0.15, 0.2) is 0 Å².